The standard InChI is InChI=1S/C23H26N6O3S/c1-15-11-14-29(23(15,2)3)21-17(7-8-18(26-21)16-9-12-25-13-10-16)22(30)28-33(31,32)20-6-4-5-19(24)27-20/h4-10,12-13,15H,11,14H2,1-3H3,(H2,24,27)(H,28,30). The molecular weight excluding hydrogens is 440 g/mol. The molecule has 9 nitrogen and oxygen atoms in total. The van der Waals surface area contributed by atoms with E-state index < -0.39 is 15.9 Å². The normalized spacial score (nSPS) is 17.7. The van der Waals surface area contributed by atoms with Crippen LogP contribution in [0, 0.1) is 5.92 Å². The monoisotopic (exact) mass is 466 g/mol. The van der Waals surface area contributed by atoms with Crippen molar-refractivity contribution in [3.8, 4) is 11.3 Å². The van der Waals surface area contributed by atoms with E-state index >= 15 is 0 Å². The van der Waals surface area contributed by atoms with Crippen molar-refractivity contribution in [2.75, 3.05) is 17.2 Å². The molecule has 0 saturated carbocycles. The number of rotatable bonds is 5. The quantitative estimate of drug-likeness (QED) is 0.587. The molecule has 4 heterocycles. The van der Waals surface area contributed by atoms with E-state index in [1.54, 1.807) is 24.5 Å². The van der Waals surface area contributed by atoms with Gasteiger partial charge in [0.05, 0.1) is 11.3 Å². The van der Waals surface area contributed by atoms with E-state index in [-0.39, 0.29) is 21.9 Å². The zero-order valence-corrected chi connectivity index (χ0v) is 19.5. The molecule has 1 unspecified atom stereocenters. The van der Waals surface area contributed by atoms with Crippen molar-refractivity contribution in [1.29, 1.82) is 0 Å². The van der Waals surface area contributed by atoms with Crippen LogP contribution < -0.4 is 15.4 Å². The number of anilines is 2. The minimum Gasteiger partial charge on any atom is -0.384 e. The van der Waals surface area contributed by atoms with Crippen molar-refractivity contribution in [2.45, 2.75) is 37.8 Å². The van der Waals surface area contributed by atoms with Gasteiger partial charge in [-0.3, -0.25) is 9.78 Å². The number of carbonyl (C=O) groups is 1. The van der Waals surface area contributed by atoms with Gasteiger partial charge in [0.2, 0.25) is 0 Å². The summed E-state index contributed by atoms with van der Waals surface area (Å²) in [5.41, 5.74) is 7.02. The largest absolute Gasteiger partial charge is 0.384 e. The highest BCUT2D eigenvalue weighted by Crippen LogP contribution is 2.39. The maximum Gasteiger partial charge on any atom is 0.281 e. The SMILES string of the molecule is CC1CCN(c2nc(-c3ccncc3)ccc2C(=O)NS(=O)(=O)c2cccc(N)n2)C1(C)C. The van der Waals surface area contributed by atoms with Crippen LogP contribution in [0.4, 0.5) is 11.6 Å². The number of carbonyl (C=O) groups excluding carboxylic acids is 1. The Morgan fingerprint density at radius 3 is 2.48 bits per heavy atom. The van der Waals surface area contributed by atoms with E-state index in [0.717, 1.165) is 12.0 Å². The van der Waals surface area contributed by atoms with Crippen LogP contribution in [0.15, 0.2) is 59.9 Å². The summed E-state index contributed by atoms with van der Waals surface area (Å²) in [5, 5.41) is -0.325. The average Bonchev–Trinajstić information content (AvgIpc) is 3.05. The molecule has 0 aromatic carbocycles. The molecule has 1 amide bonds. The highest BCUT2D eigenvalue weighted by atomic mass is 32.2. The van der Waals surface area contributed by atoms with Crippen LogP contribution in [-0.2, 0) is 10.0 Å². The molecule has 4 rings (SSSR count). The lowest BCUT2D eigenvalue weighted by Crippen LogP contribution is -2.43. The lowest BCUT2D eigenvalue weighted by molar-refractivity contribution is 0.0981. The van der Waals surface area contributed by atoms with Gasteiger partial charge in [-0.05, 0) is 62.6 Å². The fourth-order valence-corrected chi connectivity index (χ4v) is 4.88. The van der Waals surface area contributed by atoms with Crippen LogP contribution in [0.5, 0.6) is 0 Å². The molecule has 0 aliphatic carbocycles. The van der Waals surface area contributed by atoms with Gasteiger partial charge in [0.15, 0.2) is 5.03 Å². The van der Waals surface area contributed by atoms with Gasteiger partial charge in [0, 0.05) is 30.0 Å². The Bertz CT molecular complexity index is 1290. The highest BCUT2D eigenvalue weighted by Gasteiger charge is 2.41. The van der Waals surface area contributed by atoms with E-state index in [0.29, 0.717) is 24.0 Å². The summed E-state index contributed by atoms with van der Waals surface area (Å²) in [6.07, 6.45) is 4.27. The molecule has 1 fully saturated rings. The van der Waals surface area contributed by atoms with E-state index in [2.05, 4.69) is 40.4 Å². The number of pyridine rings is 3. The van der Waals surface area contributed by atoms with Crippen LogP contribution in [0.3, 0.4) is 0 Å². The Hall–Kier alpha value is -3.53. The number of nitrogen functional groups attached to an aromatic ring is 1. The number of hydrogen-bond donors (Lipinski definition) is 2. The smallest absolute Gasteiger partial charge is 0.281 e. The van der Waals surface area contributed by atoms with Crippen LogP contribution in [-0.4, -0.2) is 41.4 Å². The van der Waals surface area contributed by atoms with Crippen molar-refractivity contribution >= 4 is 27.6 Å². The molecule has 0 spiro atoms. The summed E-state index contributed by atoms with van der Waals surface area (Å²) < 4.78 is 27.7. The summed E-state index contributed by atoms with van der Waals surface area (Å²) in [7, 11) is -4.22. The first-order valence-corrected chi connectivity index (χ1v) is 12.1. The van der Waals surface area contributed by atoms with Gasteiger partial charge in [-0.15, -0.1) is 0 Å². The second kappa shape index (κ2) is 8.43. The Morgan fingerprint density at radius 1 is 1.12 bits per heavy atom. The van der Waals surface area contributed by atoms with Crippen molar-refractivity contribution in [3.05, 3.63) is 60.4 Å². The predicted octanol–water partition coefficient (Wildman–Crippen LogP) is 2.86. The third-order valence-corrected chi connectivity index (χ3v) is 7.52. The zero-order chi connectivity index (χ0) is 23.8. The van der Waals surface area contributed by atoms with Crippen LogP contribution >= 0.6 is 0 Å². The molecule has 0 radical (unpaired) electrons. The van der Waals surface area contributed by atoms with Gasteiger partial charge in [-0.25, -0.2) is 14.7 Å². The highest BCUT2D eigenvalue weighted by molar-refractivity contribution is 7.90. The van der Waals surface area contributed by atoms with E-state index in [1.165, 1.54) is 18.2 Å². The number of aromatic nitrogens is 3. The van der Waals surface area contributed by atoms with Gasteiger partial charge >= 0.3 is 0 Å². The van der Waals surface area contributed by atoms with Crippen LogP contribution in [0.25, 0.3) is 11.3 Å². The van der Waals surface area contributed by atoms with Crippen molar-refractivity contribution < 1.29 is 13.2 Å². The summed E-state index contributed by atoms with van der Waals surface area (Å²) in [6.45, 7) is 7.05. The van der Waals surface area contributed by atoms with E-state index in [9.17, 15) is 13.2 Å². The third-order valence-electron chi connectivity index (χ3n) is 6.29. The molecule has 172 valence electrons. The van der Waals surface area contributed by atoms with Gasteiger partial charge in [0.1, 0.15) is 11.6 Å². The Balaban J connectivity index is 1.76. The maximum atomic E-state index is 13.2. The van der Waals surface area contributed by atoms with E-state index in [4.69, 9.17) is 10.7 Å². The van der Waals surface area contributed by atoms with Gasteiger partial charge in [-0.1, -0.05) is 13.0 Å². The molecule has 1 aliphatic rings. The number of nitrogens with one attached hydrogen (secondary N) is 1. The molecule has 33 heavy (non-hydrogen) atoms. The van der Waals surface area contributed by atoms with Crippen LogP contribution in [0.2, 0.25) is 0 Å². The number of nitrogens with zero attached hydrogens (tertiary/aromatic N) is 4. The first-order chi connectivity index (χ1) is 15.6. The third kappa shape index (κ3) is 4.38. The topological polar surface area (TPSA) is 131 Å². The van der Waals surface area contributed by atoms with Gasteiger partial charge in [-0.2, -0.15) is 8.42 Å². The molecule has 3 aromatic rings. The van der Waals surface area contributed by atoms with Gasteiger partial charge < -0.3 is 10.6 Å². The van der Waals surface area contributed by atoms with Crippen molar-refractivity contribution in [3.63, 3.8) is 0 Å². The average molecular weight is 467 g/mol. The molecular formula is C23H26N6O3S. The van der Waals surface area contributed by atoms with Gasteiger partial charge in [0.25, 0.3) is 15.9 Å². The lowest BCUT2D eigenvalue weighted by atomic mass is 9.90. The molecule has 0 bridgehead atoms. The summed E-state index contributed by atoms with van der Waals surface area (Å²) in [5.74, 6) is 0.0625. The Kier molecular flexibility index (Phi) is 5.79. The summed E-state index contributed by atoms with van der Waals surface area (Å²) in [6, 6.07) is 11.2. The Morgan fingerprint density at radius 2 is 1.85 bits per heavy atom. The predicted molar refractivity (Wildman–Crippen MR) is 126 cm³/mol. The fourth-order valence-electron chi connectivity index (χ4n) is 3.93. The number of amides is 1. The molecule has 1 atom stereocenters. The molecule has 1 saturated heterocycles. The minimum atomic E-state index is -4.22. The molecule has 10 heteroatoms. The molecule has 1 aliphatic heterocycles. The number of nitrogens with two attached hydrogens (primary N) is 1. The van der Waals surface area contributed by atoms with E-state index in [1.807, 2.05) is 12.1 Å². The lowest BCUT2D eigenvalue weighted by Gasteiger charge is -2.36. The second-order valence-electron chi connectivity index (χ2n) is 8.63. The first kappa shape index (κ1) is 22.7. The summed E-state index contributed by atoms with van der Waals surface area (Å²) in [4.78, 5) is 27.9. The fraction of sp³-hybridized carbons (Fsp3) is 0.304. The molecule has 3 N–H and O–H groups in total. The Labute approximate surface area is 193 Å². The zero-order valence-electron chi connectivity index (χ0n) is 18.7. The second-order valence-corrected chi connectivity index (χ2v) is 10.3. The van der Waals surface area contributed by atoms with Crippen LogP contribution in [0.1, 0.15) is 37.6 Å². The van der Waals surface area contributed by atoms with Crippen molar-refractivity contribution in [2.24, 2.45) is 5.92 Å². The summed E-state index contributed by atoms with van der Waals surface area (Å²) >= 11 is 0. The molecule has 3 aromatic heterocycles. The first-order valence-electron chi connectivity index (χ1n) is 10.6. The number of hydrogen-bond acceptors (Lipinski definition) is 8. The van der Waals surface area contributed by atoms with Crippen molar-refractivity contribution in [1.82, 2.24) is 19.7 Å². The minimum absolute atomic E-state index is 0.0437. The maximum absolute atomic E-state index is 13.2. The number of sulfonamides is 1.